The number of hydrogen-bond acceptors (Lipinski definition) is 6. The molecule has 4 rings (SSSR count). The second kappa shape index (κ2) is 7.89. The van der Waals surface area contributed by atoms with Crippen LogP contribution in [0.1, 0.15) is 34.1 Å². The minimum Gasteiger partial charge on any atom is -0.450 e. The number of fused-ring (bicyclic) bond motifs is 2. The SMILES string of the molecule is COCCCN1C(=O)c2oc3ccc(Cl)cc3c(=O)c2[C@H]1c1ccc([N+](=O)[O-])cc1. The van der Waals surface area contributed by atoms with Gasteiger partial charge in [0, 0.05) is 37.4 Å². The van der Waals surface area contributed by atoms with Gasteiger partial charge in [-0.1, -0.05) is 11.6 Å². The lowest BCUT2D eigenvalue weighted by atomic mass is 9.98. The second-order valence-corrected chi connectivity index (χ2v) is 7.35. The van der Waals surface area contributed by atoms with Crippen molar-refractivity contribution >= 4 is 34.2 Å². The van der Waals surface area contributed by atoms with E-state index in [2.05, 4.69) is 0 Å². The smallest absolute Gasteiger partial charge is 0.290 e. The molecule has 1 amide bonds. The number of ether oxygens (including phenoxy) is 1. The monoisotopic (exact) mass is 428 g/mol. The molecule has 0 aliphatic carbocycles. The van der Waals surface area contributed by atoms with Gasteiger partial charge in [-0.3, -0.25) is 19.7 Å². The maximum absolute atomic E-state index is 13.3. The van der Waals surface area contributed by atoms with Gasteiger partial charge in [-0.05, 0) is 42.3 Å². The van der Waals surface area contributed by atoms with Crippen LogP contribution in [-0.2, 0) is 4.74 Å². The highest BCUT2D eigenvalue weighted by Gasteiger charge is 2.42. The number of halogens is 1. The van der Waals surface area contributed by atoms with Gasteiger partial charge >= 0.3 is 0 Å². The van der Waals surface area contributed by atoms with Crippen molar-refractivity contribution < 1.29 is 18.9 Å². The van der Waals surface area contributed by atoms with E-state index in [1.807, 2.05) is 0 Å². The summed E-state index contributed by atoms with van der Waals surface area (Å²) in [6.07, 6.45) is 0.555. The predicted octanol–water partition coefficient (Wildman–Crippen LogP) is 3.94. The zero-order valence-corrected chi connectivity index (χ0v) is 16.7. The van der Waals surface area contributed by atoms with Crippen molar-refractivity contribution in [2.24, 2.45) is 0 Å². The lowest BCUT2D eigenvalue weighted by Gasteiger charge is -2.25. The van der Waals surface area contributed by atoms with Gasteiger partial charge in [0.1, 0.15) is 5.58 Å². The van der Waals surface area contributed by atoms with E-state index in [9.17, 15) is 19.7 Å². The number of hydrogen-bond donors (Lipinski definition) is 0. The van der Waals surface area contributed by atoms with E-state index in [0.29, 0.717) is 30.2 Å². The van der Waals surface area contributed by atoms with Crippen LogP contribution < -0.4 is 5.43 Å². The molecule has 154 valence electrons. The molecule has 8 nitrogen and oxygen atoms in total. The molecule has 30 heavy (non-hydrogen) atoms. The van der Waals surface area contributed by atoms with E-state index in [4.69, 9.17) is 20.8 Å². The van der Waals surface area contributed by atoms with Gasteiger partial charge in [0.15, 0.2) is 5.43 Å². The molecule has 0 spiro atoms. The summed E-state index contributed by atoms with van der Waals surface area (Å²) >= 11 is 6.05. The maximum Gasteiger partial charge on any atom is 0.290 e. The summed E-state index contributed by atoms with van der Waals surface area (Å²) in [5.74, 6) is -0.422. The molecule has 0 saturated heterocycles. The number of benzene rings is 2. The van der Waals surface area contributed by atoms with Crippen LogP contribution in [0.15, 0.2) is 51.7 Å². The fourth-order valence-electron chi connectivity index (χ4n) is 3.73. The normalized spacial score (nSPS) is 15.6. The van der Waals surface area contributed by atoms with Gasteiger partial charge in [-0.25, -0.2) is 0 Å². The summed E-state index contributed by atoms with van der Waals surface area (Å²) in [5.41, 5.74) is 0.642. The van der Waals surface area contributed by atoms with E-state index < -0.39 is 16.9 Å². The van der Waals surface area contributed by atoms with Crippen LogP contribution >= 0.6 is 11.6 Å². The quantitative estimate of drug-likeness (QED) is 0.334. The molecule has 2 aromatic carbocycles. The molecule has 0 fully saturated rings. The molecule has 0 unspecified atom stereocenters. The Balaban J connectivity index is 1.89. The van der Waals surface area contributed by atoms with Gasteiger partial charge in [0.05, 0.1) is 21.9 Å². The molecule has 0 N–H and O–H groups in total. The Bertz CT molecular complexity index is 1200. The molecule has 1 atom stereocenters. The van der Waals surface area contributed by atoms with E-state index in [-0.39, 0.29) is 33.4 Å². The van der Waals surface area contributed by atoms with Gasteiger partial charge < -0.3 is 14.1 Å². The van der Waals surface area contributed by atoms with Crippen LogP contribution in [-0.4, -0.2) is 36.0 Å². The van der Waals surface area contributed by atoms with Crippen molar-refractivity contribution in [2.45, 2.75) is 12.5 Å². The largest absolute Gasteiger partial charge is 0.450 e. The lowest BCUT2D eigenvalue weighted by molar-refractivity contribution is -0.384. The Kier molecular flexibility index (Phi) is 5.27. The van der Waals surface area contributed by atoms with Gasteiger partial charge in [-0.15, -0.1) is 0 Å². The maximum atomic E-state index is 13.3. The minimum absolute atomic E-state index is 0.0180. The van der Waals surface area contributed by atoms with Gasteiger partial charge in [0.2, 0.25) is 5.76 Å². The molecule has 1 aromatic heterocycles. The second-order valence-electron chi connectivity index (χ2n) is 6.91. The molecular weight excluding hydrogens is 412 g/mol. The first-order valence-corrected chi connectivity index (χ1v) is 9.60. The topological polar surface area (TPSA) is 103 Å². The van der Waals surface area contributed by atoms with Crippen LogP contribution in [0, 0.1) is 10.1 Å². The highest BCUT2D eigenvalue weighted by Crippen LogP contribution is 2.38. The molecule has 9 heteroatoms. The summed E-state index contributed by atoms with van der Waals surface area (Å²) in [6.45, 7) is 0.765. The van der Waals surface area contributed by atoms with E-state index in [0.717, 1.165) is 0 Å². The van der Waals surface area contributed by atoms with Crippen LogP contribution in [0.25, 0.3) is 11.0 Å². The Labute approximate surface area is 175 Å². The van der Waals surface area contributed by atoms with Crippen molar-refractivity contribution in [1.82, 2.24) is 4.90 Å². The number of amides is 1. The average Bonchev–Trinajstić information content (AvgIpc) is 3.01. The van der Waals surface area contributed by atoms with Crippen molar-refractivity contribution in [1.29, 1.82) is 0 Å². The summed E-state index contributed by atoms with van der Waals surface area (Å²) in [5, 5.41) is 11.7. The highest BCUT2D eigenvalue weighted by molar-refractivity contribution is 6.31. The van der Waals surface area contributed by atoms with Gasteiger partial charge in [0.25, 0.3) is 11.6 Å². The first-order valence-electron chi connectivity index (χ1n) is 9.23. The predicted molar refractivity (Wildman–Crippen MR) is 110 cm³/mol. The zero-order chi connectivity index (χ0) is 21.4. The van der Waals surface area contributed by atoms with E-state index >= 15 is 0 Å². The average molecular weight is 429 g/mol. The standard InChI is InChI=1S/C21H17ClN2O6/c1-29-10-2-9-23-18(12-3-6-14(7-4-12)24(27)28)17-19(25)15-11-13(22)5-8-16(15)30-20(17)21(23)26/h3-8,11,18H,2,9-10H2,1H3/t18-/m1/s1. The number of nitro benzene ring substituents is 1. The number of rotatable bonds is 6. The van der Waals surface area contributed by atoms with Gasteiger partial charge in [-0.2, -0.15) is 0 Å². The summed E-state index contributed by atoms with van der Waals surface area (Å²) in [4.78, 5) is 38.5. The highest BCUT2D eigenvalue weighted by atomic mass is 35.5. The molecule has 0 radical (unpaired) electrons. The first kappa shape index (κ1) is 20.1. The first-order chi connectivity index (χ1) is 14.4. The fourth-order valence-corrected chi connectivity index (χ4v) is 3.90. The van der Waals surface area contributed by atoms with Crippen LogP contribution in [0.5, 0.6) is 0 Å². The Hall–Kier alpha value is -3.23. The third-order valence-electron chi connectivity index (χ3n) is 5.09. The van der Waals surface area contributed by atoms with Crippen molar-refractivity contribution in [3.63, 3.8) is 0 Å². The molecular formula is C21H17ClN2O6. The van der Waals surface area contributed by atoms with Crippen molar-refractivity contribution in [3.05, 3.63) is 84.7 Å². The fraction of sp³-hybridized carbons (Fsp3) is 0.238. The summed E-state index contributed by atoms with van der Waals surface area (Å²) in [6, 6.07) is 9.74. The summed E-state index contributed by atoms with van der Waals surface area (Å²) in [7, 11) is 1.57. The molecule has 0 saturated carbocycles. The molecule has 1 aliphatic rings. The van der Waals surface area contributed by atoms with Crippen LogP contribution in [0.4, 0.5) is 5.69 Å². The molecule has 2 heterocycles. The van der Waals surface area contributed by atoms with Crippen molar-refractivity contribution in [3.8, 4) is 0 Å². The number of non-ortho nitro benzene ring substituents is 1. The molecule has 1 aliphatic heterocycles. The number of carbonyl (C=O) groups is 1. The molecule has 3 aromatic rings. The Morgan fingerprint density at radius 2 is 1.93 bits per heavy atom. The van der Waals surface area contributed by atoms with Crippen LogP contribution in [0.2, 0.25) is 5.02 Å². The Morgan fingerprint density at radius 1 is 1.20 bits per heavy atom. The molecule has 0 bridgehead atoms. The van der Waals surface area contributed by atoms with E-state index in [1.54, 1.807) is 31.4 Å². The third-order valence-corrected chi connectivity index (χ3v) is 5.33. The third kappa shape index (κ3) is 3.34. The minimum atomic E-state index is -0.718. The summed E-state index contributed by atoms with van der Waals surface area (Å²) < 4.78 is 10.9. The number of nitrogens with zero attached hydrogens (tertiary/aromatic N) is 2. The van der Waals surface area contributed by atoms with E-state index in [1.165, 1.54) is 23.1 Å². The van der Waals surface area contributed by atoms with Crippen molar-refractivity contribution in [2.75, 3.05) is 20.3 Å². The van der Waals surface area contributed by atoms with Crippen LogP contribution in [0.3, 0.4) is 0 Å². The number of carbonyl (C=O) groups excluding carboxylic acids is 1. The Morgan fingerprint density at radius 3 is 2.60 bits per heavy atom. The number of nitro groups is 1. The number of methoxy groups -OCH3 is 1. The lowest BCUT2D eigenvalue weighted by Crippen LogP contribution is -2.31. The zero-order valence-electron chi connectivity index (χ0n) is 16.0.